The summed E-state index contributed by atoms with van der Waals surface area (Å²) < 4.78 is 5.46. The van der Waals surface area contributed by atoms with Crippen LogP contribution in [0.4, 0.5) is 23.3 Å². The average Bonchev–Trinajstić information content (AvgIpc) is 3.23. The normalized spacial score (nSPS) is 14.5. The first kappa shape index (κ1) is 20.7. The summed E-state index contributed by atoms with van der Waals surface area (Å²) in [5.74, 6) is 2.76. The minimum absolute atomic E-state index is 0.120. The number of aromatic nitrogens is 5. The van der Waals surface area contributed by atoms with Crippen molar-refractivity contribution in [2.24, 2.45) is 0 Å². The van der Waals surface area contributed by atoms with Crippen LogP contribution in [0, 0.1) is 0 Å². The summed E-state index contributed by atoms with van der Waals surface area (Å²) in [5, 5.41) is 10.0. The molecule has 2 aromatic heterocycles. The van der Waals surface area contributed by atoms with Gasteiger partial charge in [-0.1, -0.05) is 18.1 Å². The lowest BCUT2D eigenvalue weighted by molar-refractivity contribution is -0.114. The fraction of sp³-hybridized carbons (Fsp3) is 0.429. The van der Waals surface area contributed by atoms with E-state index in [0.29, 0.717) is 17.6 Å². The standard InChI is InChI=1S/C21H26N8O2/c1-3-5-18-26-19(31-28-18)15-8-10-29(11-9-15)21-23-13-22-20(27-21)25-17-7-4-6-16(12-17)24-14(2)30/h4,6-7,12-13,15H,3,5,8-11H2,1-2H3,(H,24,30)(H,22,23,25,27). The zero-order valence-corrected chi connectivity index (χ0v) is 17.7. The van der Waals surface area contributed by atoms with Crippen LogP contribution < -0.4 is 15.5 Å². The van der Waals surface area contributed by atoms with Crippen molar-refractivity contribution in [1.82, 2.24) is 25.1 Å². The van der Waals surface area contributed by atoms with Crippen molar-refractivity contribution in [2.75, 3.05) is 28.6 Å². The molecule has 1 aliphatic rings. The number of benzene rings is 1. The molecule has 0 radical (unpaired) electrons. The number of nitrogens with zero attached hydrogens (tertiary/aromatic N) is 6. The van der Waals surface area contributed by atoms with Gasteiger partial charge in [-0.15, -0.1) is 0 Å². The predicted octanol–water partition coefficient (Wildman–Crippen LogP) is 3.29. The Labute approximate surface area is 180 Å². The average molecular weight is 422 g/mol. The maximum Gasteiger partial charge on any atom is 0.231 e. The molecule has 0 spiro atoms. The van der Waals surface area contributed by atoms with Crippen molar-refractivity contribution < 1.29 is 9.32 Å². The van der Waals surface area contributed by atoms with Crippen LogP contribution in [-0.4, -0.2) is 44.1 Å². The first-order valence-electron chi connectivity index (χ1n) is 10.5. The third-order valence-corrected chi connectivity index (χ3v) is 5.08. The molecule has 1 amide bonds. The van der Waals surface area contributed by atoms with Crippen LogP contribution in [-0.2, 0) is 11.2 Å². The van der Waals surface area contributed by atoms with Crippen molar-refractivity contribution >= 4 is 29.2 Å². The van der Waals surface area contributed by atoms with E-state index in [1.807, 2.05) is 24.3 Å². The molecular weight excluding hydrogens is 396 g/mol. The van der Waals surface area contributed by atoms with Gasteiger partial charge in [0.05, 0.1) is 0 Å². The Hall–Kier alpha value is -3.56. The molecule has 0 saturated carbocycles. The number of amides is 1. The number of hydrogen-bond acceptors (Lipinski definition) is 9. The number of nitrogens with one attached hydrogen (secondary N) is 2. The Morgan fingerprint density at radius 2 is 2.00 bits per heavy atom. The third-order valence-electron chi connectivity index (χ3n) is 5.08. The van der Waals surface area contributed by atoms with Crippen LogP contribution in [0.25, 0.3) is 0 Å². The van der Waals surface area contributed by atoms with Gasteiger partial charge in [-0.2, -0.15) is 9.97 Å². The quantitative estimate of drug-likeness (QED) is 0.590. The zero-order valence-electron chi connectivity index (χ0n) is 17.7. The highest BCUT2D eigenvalue weighted by Gasteiger charge is 2.26. The van der Waals surface area contributed by atoms with E-state index in [9.17, 15) is 4.79 Å². The monoisotopic (exact) mass is 422 g/mol. The largest absolute Gasteiger partial charge is 0.341 e. The van der Waals surface area contributed by atoms with E-state index in [-0.39, 0.29) is 11.8 Å². The van der Waals surface area contributed by atoms with Crippen LogP contribution in [0.1, 0.15) is 50.7 Å². The Kier molecular flexibility index (Phi) is 6.34. The summed E-state index contributed by atoms with van der Waals surface area (Å²) in [6, 6.07) is 7.39. The summed E-state index contributed by atoms with van der Waals surface area (Å²) >= 11 is 0. The zero-order chi connectivity index (χ0) is 21.6. The molecule has 10 nitrogen and oxygen atoms in total. The SMILES string of the molecule is CCCc1noc(C2CCN(c3ncnc(Nc4cccc(NC(C)=O)c4)n3)CC2)n1. The Balaban J connectivity index is 1.38. The second kappa shape index (κ2) is 9.50. The Morgan fingerprint density at radius 3 is 2.77 bits per heavy atom. The summed E-state index contributed by atoms with van der Waals surface area (Å²) in [5.41, 5.74) is 1.48. The second-order valence-corrected chi connectivity index (χ2v) is 7.56. The minimum atomic E-state index is -0.120. The molecule has 1 aliphatic heterocycles. The highest BCUT2D eigenvalue weighted by molar-refractivity contribution is 5.89. The summed E-state index contributed by atoms with van der Waals surface area (Å²) in [7, 11) is 0. The number of aryl methyl sites for hydroxylation is 1. The molecule has 0 atom stereocenters. The van der Waals surface area contributed by atoms with Gasteiger partial charge in [0.1, 0.15) is 6.33 Å². The van der Waals surface area contributed by atoms with Crippen LogP contribution >= 0.6 is 0 Å². The summed E-state index contributed by atoms with van der Waals surface area (Å²) in [6.45, 7) is 5.19. The van der Waals surface area contributed by atoms with E-state index in [1.165, 1.54) is 13.3 Å². The molecule has 31 heavy (non-hydrogen) atoms. The molecule has 1 aromatic carbocycles. The molecule has 0 bridgehead atoms. The van der Waals surface area contributed by atoms with Crippen molar-refractivity contribution in [3.8, 4) is 0 Å². The van der Waals surface area contributed by atoms with Crippen LogP contribution in [0.15, 0.2) is 35.1 Å². The van der Waals surface area contributed by atoms with E-state index in [2.05, 4.69) is 47.5 Å². The Morgan fingerprint density at radius 1 is 1.19 bits per heavy atom. The van der Waals surface area contributed by atoms with Crippen molar-refractivity contribution in [1.29, 1.82) is 0 Å². The molecule has 162 valence electrons. The van der Waals surface area contributed by atoms with Crippen LogP contribution in [0.5, 0.6) is 0 Å². The fourth-order valence-electron chi connectivity index (χ4n) is 3.59. The number of anilines is 4. The van der Waals surface area contributed by atoms with Crippen molar-refractivity contribution in [2.45, 2.75) is 45.4 Å². The lowest BCUT2D eigenvalue weighted by Gasteiger charge is -2.30. The van der Waals surface area contributed by atoms with Gasteiger partial charge >= 0.3 is 0 Å². The predicted molar refractivity (Wildman–Crippen MR) is 116 cm³/mol. The first-order valence-corrected chi connectivity index (χ1v) is 10.5. The first-order chi connectivity index (χ1) is 15.1. The third kappa shape index (κ3) is 5.33. The maximum absolute atomic E-state index is 11.3. The van der Waals surface area contributed by atoms with Gasteiger partial charge in [0.15, 0.2) is 5.82 Å². The van der Waals surface area contributed by atoms with Crippen molar-refractivity contribution in [3.05, 3.63) is 42.3 Å². The number of piperidine rings is 1. The van der Waals surface area contributed by atoms with Gasteiger partial charge in [-0.25, -0.2) is 9.97 Å². The number of hydrogen-bond donors (Lipinski definition) is 2. The smallest absolute Gasteiger partial charge is 0.231 e. The molecule has 3 aromatic rings. The maximum atomic E-state index is 11.3. The topological polar surface area (TPSA) is 122 Å². The lowest BCUT2D eigenvalue weighted by Crippen LogP contribution is -2.34. The molecule has 1 saturated heterocycles. The number of carbonyl (C=O) groups excluding carboxylic acids is 1. The number of rotatable bonds is 7. The summed E-state index contributed by atoms with van der Waals surface area (Å²) in [6.07, 6.45) is 5.16. The molecule has 2 N–H and O–H groups in total. The molecule has 1 fully saturated rings. The van der Waals surface area contributed by atoms with Crippen LogP contribution in [0.3, 0.4) is 0 Å². The minimum Gasteiger partial charge on any atom is -0.341 e. The second-order valence-electron chi connectivity index (χ2n) is 7.56. The Bertz CT molecular complexity index is 1030. The highest BCUT2D eigenvalue weighted by Crippen LogP contribution is 2.28. The molecule has 3 heterocycles. The van der Waals surface area contributed by atoms with E-state index in [4.69, 9.17) is 4.52 Å². The molecule has 0 unspecified atom stereocenters. The lowest BCUT2D eigenvalue weighted by atomic mass is 9.97. The summed E-state index contributed by atoms with van der Waals surface area (Å²) in [4.78, 5) is 31.1. The van der Waals surface area contributed by atoms with E-state index in [1.54, 1.807) is 0 Å². The molecule has 10 heteroatoms. The van der Waals surface area contributed by atoms with Gasteiger partial charge in [0.2, 0.25) is 23.7 Å². The molecular formula is C21H26N8O2. The van der Waals surface area contributed by atoms with Gasteiger partial charge in [0.25, 0.3) is 0 Å². The van der Waals surface area contributed by atoms with Gasteiger partial charge in [-0.05, 0) is 37.5 Å². The van der Waals surface area contributed by atoms with E-state index in [0.717, 1.165) is 56.2 Å². The highest BCUT2D eigenvalue weighted by atomic mass is 16.5. The van der Waals surface area contributed by atoms with Gasteiger partial charge in [-0.3, -0.25) is 4.79 Å². The van der Waals surface area contributed by atoms with E-state index < -0.39 is 0 Å². The number of carbonyl (C=O) groups is 1. The van der Waals surface area contributed by atoms with Crippen molar-refractivity contribution in [3.63, 3.8) is 0 Å². The van der Waals surface area contributed by atoms with Gasteiger partial charge < -0.3 is 20.1 Å². The van der Waals surface area contributed by atoms with E-state index >= 15 is 0 Å². The van der Waals surface area contributed by atoms with Crippen LogP contribution in [0.2, 0.25) is 0 Å². The molecule has 0 aliphatic carbocycles. The molecule has 4 rings (SSSR count). The fourth-order valence-corrected chi connectivity index (χ4v) is 3.59. The van der Waals surface area contributed by atoms with Gasteiger partial charge in [0, 0.05) is 43.7 Å².